The zero-order chi connectivity index (χ0) is 16.4. The van der Waals surface area contributed by atoms with Crippen LogP contribution in [0.15, 0.2) is 36.5 Å². The van der Waals surface area contributed by atoms with Crippen molar-refractivity contribution in [1.82, 2.24) is 9.88 Å². The van der Waals surface area contributed by atoms with Gasteiger partial charge in [0.15, 0.2) is 0 Å². The predicted molar refractivity (Wildman–Crippen MR) is 85.7 cm³/mol. The Morgan fingerprint density at radius 1 is 1.35 bits per heavy atom. The minimum atomic E-state index is -0.384. The molecule has 1 aromatic heterocycles. The van der Waals surface area contributed by atoms with Crippen LogP contribution in [0, 0.1) is 11.8 Å². The van der Waals surface area contributed by atoms with Crippen molar-refractivity contribution in [3.8, 4) is 0 Å². The highest BCUT2D eigenvalue weighted by Gasteiger charge is 2.38. The van der Waals surface area contributed by atoms with Gasteiger partial charge in [0.2, 0.25) is 5.91 Å². The number of pyridine rings is 1. The van der Waals surface area contributed by atoms with E-state index in [1.165, 1.54) is 0 Å². The van der Waals surface area contributed by atoms with Crippen LogP contribution in [0.4, 0.5) is 0 Å². The van der Waals surface area contributed by atoms with Crippen LogP contribution in [-0.4, -0.2) is 48.5 Å². The average Bonchev–Trinajstić information content (AvgIpc) is 2.98. The molecule has 2 atom stereocenters. The molecule has 1 aliphatic rings. The maximum atomic E-state index is 12.7. The Balaban J connectivity index is 1.83. The van der Waals surface area contributed by atoms with Crippen LogP contribution in [0.1, 0.15) is 10.4 Å². The summed E-state index contributed by atoms with van der Waals surface area (Å²) in [5, 5.41) is 0.914. The summed E-state index contributed by atoms with van der Waals surface area (Å²) in [6, 6.07) is 9.18. The maximum absolute atomic E-state index is 12.7. The van der Waals surface area contributed by atoms with E-state index in [0.29, 0.717) is 25.3 Å². The molecule has 2 amide bonds. The summed E-state index contributed by atoms with van der Waals surface area (Å²) in [7, 11) is 1.58. The molecule has 1 saturated heterocycles. The molecule has 2 N–H and O–H groups in total. The lowest BCUT2D eigenvalue weighted by Crippen LogP contribution is -2.32. The second kappa shape index (κ2) is 6.34. The number of benzene rings is 1. The third-order valence-electron chi connectivity index (χ3n) is 4.32. The van der Waals surface area contributed by atoms with Crippen molar-refractivity contribution in [3.63, 3.8) is 0 Å². The topological polar surface area (TPSA) is 85.5 Å². The van der Waals surface area contributed by atoms with Crippen molar-refractivity contribution < 1.29 is 14.3 Å². The Hall–Kier alpha value is -2.47. The molecular formula is C17H19N3O3. The van der Waals surface area contributed by atoms with Gasteiger partial charge in [-0.15, -0.1) is 0 Å². The predicted octanol–water partition coefficient (Wildman–Crippen LogP) is 1.05. The van der Waals surface area contributed by atoms with Crippen LogP contribution in [0.2, 0.25) is 0 Å². The van der Waals surface area contributed by atoms with Crippen LogP contribution in [0.5, 0.6) is 0 Å². The Morgan fingerprint density at radius 3 is 2.91 bits per heavy atom. The lowest BCUT2D eigenvalue weighted by molar-refractivity contribution is -0.122. The monoisotopic (exact) mass is 313 g/mol. The molecule has 2 heterocycles. The standard InChI is InChI=1S/C17H19N3O3/c1-23-10-13-8-20(9-14(13)16(18)21)17(22)12-4-5-15-11(7-12)3-2-6-19-15/h2-7,13-14H,8-10H2,1H3,(H2,18,21)/t13-,14+/m0/s1. The highest BCUT2D eigenvalue weighted by Crippen LogP contribution is 2.25. The number of likely N-dealkylation sites (tertiary alicyclic amines) is 1. The molecule has 1 aliphatic heterocycles. The lowest BCUT2D eigenvalue weighted by Gasteiger charge is -2.16. The van der Waals surface area contributed by atoms with Crippen LogP contribution >= 0.6 is 0 Å². The fourth-order valence-corrected chi connectivity index (χ4v) is 3.13. The fourth-order valence-electron chi connectivity index (χ4n) is 3.13. The molecule has 6 nitrogen and oxygen atoms in total. The second-order valence-corrected chi connectivity index (χ2v) is 5.85. The minimum absolute atomic E-state index is 0.0522. The van der Waals surface area contributed by atoms with Gasteiger partial charge in [-0.25, -0.2) is 0 Å². The first-order valence-corrected chi connectivity index (χ1v) is 7.52. The highest BCUT2D eigenvalue weighted by molar-refractivity contribution is 5.98. The molecule has 2 aromatic rings. The number of nitrogens with zero attached hydrogens (tertiary/aromatic N) is 2. The van der Waals surface area contributed by atoms with Crippen LogP contribution in [0.3, 0.4) is 0 Å². The Morgan fingerprint density at radius 2 is 2.17 bits per heavy atom. The molecule has 0 saturated carbocycles. The van der Waals surface area contributed by atoms with E-state index in [1.54, 1.807) is 24.3 Å². The number of hydrogen-bond donors (Lipinski definition) is 1. The van der Waals surface area contributed by atoms with Gasteiger partial charge in [0.1, 0.15) is 0 Å². The zero-order valence-corrected chi connectivity index (χ0v) is 12.9. The van der Waals surface area contributed by atoms with Gasteiger partial charge in [0.05, 0.1) is 18.0 Å². The van der Waals surface area contributed by atoms with E-state index in [2.05, 4.69) is 4.98 Å². The molecule has 0 radical (unpaired) electrons. The summed E-state index contributed by atoms with van der Waals surface area (Å²) in [6.07, 6.45) is 1.72. The summed E-state index contributed by atoms with van der Waals surface area (Å²) in [6.45, 7) is 1.23. The van der Waals surface area contributed by atoms with E-state index < -0.39 is 0 Å². The van der Waals surface area contributed by atoms with Crippen LogP contribution < -0.4 is 5.73 Å². The van der Waals surface area contributed by atoms with Crippen molar-refractivity contribution in [3.05, 3.63) is 42.1 Å². The Labute approximate surface area is 134 Å². The van der Waals surface area contributed by atoms with E-state index in [9.17, 15) is 9.59 Å². The number of nitrogens with two attached hydrogens (primary N) is 1. The molecule has 120 valence electrons. The van der Waals surface area contributed by atoms with Gasteiger partial charge >= 0.3 is 0 Å². The van der Waals surface area contributed by atoms with Crippen molar-refractivity contribution in [1.29, 1.82) is 0 Å². The Kier molecular flexibility index (Phi) is 4.25. The molecule has 6 heteroatoms. The number of hydrogen-bond acceptors (Lipinski definition) is 4. The van der Waals surface area contributed by atoms with Crippen LogP contribution in [-0.2, 0) is 9.53 Å². The molecule has 1 aromatic carbocycles. The molecule has 3 rings (SSSR count). The molecule has 23 heavy (non-hydrogen) atoms. The zero-order valence-electron chi connectivity index (χ0n) is 12.9. The summed E-state index contributed by atoms with van der Waals surface area (Å²) in [5.41, 5.74) is 6.89. The van der Waals surface area contributed by atoms with E-state index in [-0.39, 0.29) is 23.7 Å². The SMILES string of the molecule is COC[C@@H]1CN(C(=O)c2ccc3ncccc3c2)C[C@H]1C(N)=O. The maximum Gasteiger partial charge on any atom is 0.253 e. The number of carbonyl (C=O) groups excluding carboxylic acids is 2. The first-order chi connectivity index (χ1) is 11.1. The summed E-state index contributed by atoms with van der Waals surface area (Å²) in [5.74, 6) is -0.893. The van der Waals surface area contributed by atoms with Gasteiger partial charge in [-0.3, -0.25) is 14.6 Å². The minimum Gasteiger partial charge on any atom is -0.384 e. The third-order valence-corrected chi connectivity index (χ3v) is 4.32. The van der Waals surface area contributed by atoms with Gasteiger partial charge in [-0.2, -0.15) is 0 Å². The van der Waals surface area contributed by atoms with Gasteiger partial charge in [0, 0.05) is 43.3 Å². The molecule has 0 unspecified atom stereocenters. The molecule has 0 spiro atoms. The van der Waals surface area contributed by atoms with Crippen LogP contribution in [0.25, 0.3) is 10.9 Å². The normalized spacial score (nSPS) is 20.8. The Bertz CT molecular complexity index is 747. The average molecular weight is 313 g/mol. The number of aromatic nitrogens is 1. The van der Waals surface area contributed by atoms with Crippen molar-refractivity contribution in [2.45, 2.75) is 0 Å². The number of rotatable bonds is 4. The van der Waals surface area contributed by atoms with Gasteiger partial charge in [-0.05, 0) is 24.3 Å². The number of ether oxygens (including phenoxy) is 1. The van der Waals surface area contributed by atoms with E-state index in [0.717, 1.165) is 10.9 Å². The molecule has 0 aliphatic carbocycles. The van der Waals surface area contributed by atoms with Gasteiger partial charge in [-0.1, -0.05) is 6.07 Å². The molecular weight excluding hydrogens is 294 g/mol. The summed E-state index contributed by atoms with van der Waals surface area (Å²) < 4.78 is 5.14. The highest BCUT2D eigenvalue weighted by atomic mass is 16.5. The largest absolute Gasteiger partial charge is 0.384 e. The summed E-state index contributed by atoms with van der Waals surface area (Å²) in [4.78, 5) is 30.2. The van der Waals surface area contributed by atoms with Gasteiger partial charge in [0.25, 0.3) is 5.91 Å². The first-order valence-electron chi connectivity index (χ1n) is 7.52. The smallest absolute Gasteiger partial charge is 0.253 e. The quantitative estimate of drug-likeness (QED) is 0.914. The van der Waals surface area contributed by atoms with Crippen molar-refractivity contribution in [2.75, 3.05) is 26.8 Å². The fraction of sp³-hybridized carbons (Fsp3) is 0.353. The lowest BCUT2D eigenvalue weighted by atomic mass is 9.96. The van der Waals surface area contributed by atoms with E-state index in [4.69, 9.17) is 10.5 Å². The summed E-state index contributed by atoms with van der Waals surface area (Å²) >= 11 is 0. The number of methoxy groups -OCH3 is 1. The number of fused-ring (bicyclic) bond motifs is 1. The van der Waals surface area contributed by atoms with Crippen molar-refractivity contribution >= 4 is 22.7 Å². The second-order valence-electron chi connectivity index (χ2n) is 5.85. The van der Waals surface area contributed by atoms with E-state index >= 15 is 0 Å². The number of amides is 2. The molecule has 0 bridgehead atoms. The van der Waals surface area contributed by atoms with Crippen molar-refractivity contribution in [2.24, 2.45) is 17.6 Å². The third kappa shape index (κ3) is 3.03. The molecule has 1 fully saturated rings. The number of primary amides is 1. The van der Waals surface area contributed by atoms with E-state index in [1.807, 2.05) is 24.3 Å². The number of carbonyl (C=O) groups is 2. The van der Waals surface area contributed by atoms with Gasteiger partial charge < -0.3 is 15.4 Å². The first kappa shape index (κ1) is 15.4.